The molecule has 15 heavy (non-hydrogen) atoms. The van der Waals surface area contributed by atoms with Gasteiger partial charge in [-0.1, -0.05) is 0 Å². The van der Waals surface area contributed by atoms with Crippen molar-refractivity contribution in [3.8, 4) is 0 Å². The molecule has 0 aromatic carbocycles. The van der Waals surface area contributed by atoms with Gasteiger partial charge in [0.15, 0.2) is 0 Å². The topological polar surface area (TPSA) is 68.0 Å². The van der Waals surface area contributed by atoms with Gasteiger partial charge in [0, 0.05) is 18.3 Å². The molecule has 1 unspecified atom stereocenters. The minimum absolute atomic E-state index is 0.0346. The molecule has 0 fully saturated rings. The molecule has 3 N–H and O–H groups in total. The quantitative estimate of drug-likeness (QED) is 0.769. The number of amides is 1. The summed E-state index contributed by atoms with van der Waals surface area (Å²) in [6.07, 6.45) is 0. The van der Waals surface area contributed by atoms with E-state index in [4.69, 9.17) is 5.73 Å². The van der Waals surface area contributed by atoms with Crippen LogP contribution >= 0.6 is 0 Å². The Morgan fingerprint density at radius 2 is 2.20 bits per heavy atom. The highest BCUT2D eigenvalue weighted by atomic mass is 16.1. The lowest BCUT2D eigenvalue weighted by Crippen LogP contribution is -2.35. The van der Waals surface area contributed by atoms with E-state index in [1.807, 2.05) is 26.8 Å². The summed E-state index contributed by atoms with van der Waals surface area (Å²) in [5.41, 5.74) is 7.82. The van der Waals surface area contributed by atoms with E-state index in [1.54, 1.807) is 6.07 Å². The highest BCUT2D eigenvalue weighted by Gasteiger charge is 2.09. The molecule has 0 bridgehead atoms. The monoisotopic (exact) mass is 207 g/mol. The van der Waals surface area contributed by atoms with Crippen molar-refractivity contribution in [2.75, 3.05) is 6.54 Å². The number of aromatic nitrogens is 1. The first-order valence-electron chi connectivity index (χ1n) is 4.98. The van der Waals surface area contributed by atoms with E-state index in [2.05, 4.69) is 10.3 Å². The fourth-order valence-electron chi connectivity index (χ4n) is 1.28. The lowest BCUT2D eigenvalue weighted by molar-refractivity contribution is 0.0950. The van der Waals surface area contributed by atoms with Crippen molar-refractivity contribution in [1.82, 2.24) is 10.3 Å². The first kappa shape index (κ1) is 11.7. The molecule has 0 saturated carbocycles. The van der Waals surface area contributed by atoms with Crippen molar-refractivity contribution in [3.05, 3.63) is 29.1 Å². The maximum Gasteiger partial charge on any atom is 0.253 e. The molecular weight excluding hydrogens is 190 g/mol. The second-order valence-corrected chi connectivity index (χ2v) is 3.77. The van der Waals surface area contributed by atoms with E-state index in [-0.39, 0.29) is 11.9 Å². The SMILES string of the molecule is Cc1ccc(C(=O)NCC(C)N)c(C)n1. The van der Waals surface area contributed by atoms with Crippen LogP contribution in [0.1, 0.15) is 28.7 Å². The molecule has 1 aromatic heterocycles. The molecule has 0 spiro atoms. The summed E-state index contributed by atoms with van der Waals surface area (Å²) in [7, 11) is 0. The van der Waals surface area contributed by atoms with Gasteiger partial charge in [-0.25, -0.2) is 0 Å². The van der Waals surface area contributed by atoms with Crippen LogP contribution in [-0.4, -0.2) is 23.5 Å². The van der Waals surface area contributed by atoms with Crippen molar-refractivity contribution < 1.29 is 4.79 Å². The number of hydrogen-bond donors (Lipinski definition) is 2. The van der Waals surface area contributed by atoms with Crippen molar-refractivity contribution in [2.24, 2.45) is 5.73 Å². The van der Waals surface area contributed by atoms with Crippen LogP contribution in [0.15, 0.2) is 12.1 Å². The van der Waals surface area contributed by atoms with Gasteiger partial charge < -0.3 is 11.1 Å². The maximum absolute atomic E-state index is 11.7. The summed E-state index contributed by atoms with van der Waals surface area (Å²) in [6, 6.07) is 3.58. The van der Waals surface area contributed by atoms with Gasteiger partial charge in [0.25, 0.3) is 5.91 Å². The molecule has 1 heterocycles. The van der Waals surface area contributed by atoms with Crippen LogP contribution < -0.4 is 11.1 Å². The Morgan fingerprint density at radius 1 is 1.53 bits per heavy atom. The molecule has 0 radical (unpaired) electrons. The first-order chi connectivity index (χ1) is 7.00. The van der Waals surface area contributed by atoms with E-state index >= 15 is 0 Å². The van der Waals surface area contributed by atoms with Crippen LogP contribution in [0.25, 0.3) is 0 Å². The van der Waals surface area contributed by atoms with Crippen LogP contribution in [0.2, 0.25) is 0 Å². The molecule has 1 aromatic rings. The number of nitrogens with one attached hydrogen (secondary N) is 1. The van der Waals surface area contributed by atoms with Crippen LogP contribution in [0.5, 0.6) is 0 Å². The Hall–Kier alpha value is -1.42. The summed E-state index contributed by atoms with van der Waals surface area (Å²) in [5, 5.41) is 2.75. The number of hydrogen-bond acceptors (Lipinski definition) is 3. The zero-order valence-corrected chi connectivity index (χ0v) is 9.37. The van der Waals surface area contributed by atoms with Crippen molar-refractivity contribution >= 4 is 5.91 Å². The fraction of sp³-hybridized carbons (Fsp3) is 0.455. The first-order valence-corrected chi connectivity index (χ1v) is 4.98. The zero-order valence-electron chi connectivity index (χ0n) is 9.37. The van der Waals surface area contributed by atoms with Gasteiger partial charge in [0.1, 0.15) is 0 Å². The average Bonchev–Trinajstić information content (AvgIpc) is 2.14. The van der Waals surface area contributed by atoms with Gasteiger partial charge in [-0.05, 0) is 32.9 Å². The lowest BCUT2D eigenvalue weighted by atomic mass is 10.1. The predicted molar refractivity (Wildman–Crippen MR) is 59.7 cm³/mol. The van der Waals surface area contributed by atoms with E-state index in [0.29, 0.717) is 12.1 Å². The molecule has 1 atom stereocenters. The fourth-order valence-corrected chi connectivity index (χ4v) is 1.28. The van der Waals surface area contributed by atoms with Gasteiger partial charge in [-0.15, -0.1) is 0 Å². The number of nitrogens with two attached hydrogens (primary N) is 1. The minimum Gasteiger partial charge on any atom is -0.350 e. The second-order valence-electron chi connectivity index (χ2n) is 3.77. The van der Waals surface area contributed by atoms with E-state index < -0.39 is 0 Å². The smallest absolute Gasteiger partial charge is 0.253 e. The average molecular weight is 207 g/mol. The molecule has 1 rings (SSSR count). The molecule has 1 amide bonds. The number of rotatable bonds is 3. The Labute approximate surface area is 89.9 Å². The second kappa shape index (κ2) is 4.89. The maximum atomic E-state index is 11.7. The van der Waals surface area contributed by atoms with Gasteiger partial charge in [0.05, 0.1) is 11.3 Å². The highest BCUT2D eigenvalue weighted by Crippen LogP contribution is 2.05. The predicted octanol–water partition coefficient (Wildman–Crippen LogP) is 0.775. The van der Waals surface area contributed by atoms with Gasteiger partial charge in [0.2, 0.25) is 0 Å². The number of nitrogens with zero attached hydrogens (tertiary/aromatic N) is 1. The Kier molecular flexibility index (Phi) is 3.80. The number of aryl methyl sites for hydroxylation is 2. The van der Waals surface area contributed by atoms with E-state index in [9.17, 15) is 4.79 Å². The molecule has 4 nitrogen and oxygen atoms in total. The standard InChI is InChI=1S/C11H17N3O/c1-7(12)6-13-11(15)10-5-4-8(2)14-9(10)3/h4-5,7H,6,12H2,1-3H3,(H,13,15). The minimum atomic E-state index is -0.114. The van der Waals surface area contributed by atoms with Crippen LogP contribution in [0.3, 0.4) is 0 Å². The molecule has 0 aliphatic heterocycles. The van der Waals surface area contributed by atoms with E-state index in [1.165, 1.54) is 0 Å². The van der Waals surface area contributed by atoms with Crippen LogP contribution in [-0.2, 0) is 0 Å². The Morgan fingerprint density at radius 3 is 2.73 bits per heavy atom. The van der Waals surface area contributed by atoms with E-state index in [0.717, 1.165) is 11.4 Å². The molecule has 0 saturated heterocycles. The molecule has 0 aliphatic carbocycles. The van der Waals surface area contributed by atoms with Gasteiger partial charge in [-0.2, -0.15) is 0 Å². The lowest BCUT2D eigenvalue weighted by Gasteiger charge is -2.09. The molecule has 4 heteroatoms. The number of pyridine rings is 1. The summed E-state index contributed by atoms with van der Waals surface area (Å²) in [6.45, 7) is 6.05. The highest BCUT2D eigenvalue weighted by molar-refractivity contribution is 5.95. The van der Waals surface area contributed by atoms with Crippen molar-refractivity contribution in [1.29, 1.82) is 0 Å². The largest absolute Gasteiger partial charge is 0.350 e. The van der Waals surface area contributed by atoms with Gasteiger partial charge in [-0.3, -0.25) is 9.78 Å². The Balaban J connectivity index is 2.74. The molecule has 0 aliphatic rings. The molecule has 82 valence electrons. The summed E-state index contributed by atoms with van der Waals surface area (Å²) in [4.78, 5) is 15.9. The van der Waals surface area contributed by atoms with Crippen molar-refractivity contribution in [2.45, 2.75) is 26.8 Å². The number of carbonyl (C=O) groups excluding carboxylic acids is 1. The summed E-state index contributed by atoms with van der Waals surface area (Å²) < 4.78 is 0. The third-order valence-electron chi connectivity index (χ3n) is 2.05. The number of carbonyl (C=O) groups is 1. The van der Waals surface area contributed by atoms with Crippen LogP contribution in [0.4, 0.5) is 0 Å². The molecular formula is C11H17N3O. The zero-order chi connectivity index (χ0) is 11.4. The van der Waals surface area contributed by atoms with Crippen LogP contribution in [0, 0.1) is 13.8 Å². The van der Waals surface area contributed by atoms with Gasteiger partial charge >= 0.3 is 0 Å². The third-order valence-corrected chi connectivity index (χ3v) is 2.05. The summed E-state index contributed by atoms with van der Waals surface area (Å²) >= 11 is 0. The van der Waals surface area contributed by atoms with Crippen molar-refractivity contribution in [3.63, 3.8) is 0 Å². The third kappa shape index (κ3) is 3.32. The Bertz CT molecular complexity index is 361. The summed E-state index contributed by atoms with van der Waals surface area (Å²) in [5.74, 6) is -0.114. The normalized spacial score (nSPS) is 12.3.